The largest absolute Gasteiger partial charge is 0.374 e. The Hall–Kier alpha value is -1.08. The Morgan fingerprint density at radius 3 is 2.45 bits per heavy atom. The number of rotatable bonds is 2. The van der Waals surface area contributed by atoms with E-state index in [1.165, 1.54) is 11.8 Å². The predicted molar refractivity (Wildman–Crippen MR) is 96.3 cm³/mol. The maximum Gasteiger partial charge on any atom is 0.272 e. The van der Waals surface area contributed by atoms with Crippen LogP contribution in [-0.2, 0) is 4.79 Å². The van der Waals surface area contributed by atoms with Crippen molar-refractivity contribution in [1.82, 2.24) is 9.80 Å². The average Bonchev–Trinajstić information content (AvgIpc) is 2.77. The van der Waals surface area contributed by atoms with E-state index in [9.17, 15) is 4.79 Å². The first-order valence-electron chi connectivity index (χ1n) is 7.01. The number of carbonyl (C=O) groups excluding carboxylic acids is 1. The van der Waals surface area contributed by atoms with Gasteiger partial charge in [-0.2, -0.15) is 0 Å². The molecule has 2 aliphatic rings. The molecule has 0 saturated carbocycles. The van der Waals surface area contributed by atoms with Gasteiger partial charge in [0.25, 0.3) is 5.91 Å². The molecule has 0 radical (unpaired) electrons. The molecule has 22 heavy (non-hydrogen) atoms. The second-order valence-corrected chi connectivity index (χ2v) is 7.43. The first-order valence-corrected chi connectivity index (χ1v) is 8.61. The molecule has 4 nitrogen and oxygen atoms in total. The van der Waals surface area contributed by atoms with E-state index >= 15 is 0 Å². The Morgan fingerprint density at radius 1 is 1.18 bits per heavy atom. The number of nitrogens with zero attached hydrogens (tertiary/aromatic N) is 3. The third-order valence-electron chi connectivity index (χ3n) is 3.72. The smallest absolute Gasteiger partial charge is 0.272 e. The zero-order chi connectivity index (χ0) is 15.7. The van der Waals surface area contributed by atoms with E-state index in [0.717, 1.165) is 31.9 Å². The van der Waals surface area contributed by atoms with Gasteiger partial charge >= 0.3 is 0 Å². The van der Waals surface area contributed by atoms with Crippen LogP contribution in [0.2, 0.25) is 5.02 Å². The molecule has 2 fully saturated rings. The number of halogens is 1. The third kappa shape index (κ3) is 3.30. The van der Waals surface area contributed by atoms with E-state index in [1.807, 2.05) is 18.3 Å². The molecule has 1 aromatic rings. The van der Waals surface area contributed by atoms with E-state index in [2.05, 4.69) is 16.8 Å². The number of hydrogen-bond donors (Lipinski definition) is 0. The summed E-state index contributed by atoms with van der Waals surface area (Å²) >= 11 is 12.6. The summed E-state index contributed by atoms with van der Waals surface area (Å²) in [4.78, 5) is 19.3. The molecule has 0 aliphatic carbocycles. The summed E-state index contributed by atoms with van der Waals surface area (Å²) in [7, 11) is 2.11. The average molecular weight is 354 g/mol. The fraction of sp³-hybridized carbons (Fsp3) is 0.333. The molecule has 0 bridgehead atoms. The second kappa shape index (κ2) is 6.58. The number of amides is 1. The number of anilines is 1. The van der Waals surface area contributed by atoms with E-state index in [0.29, 0.717) is 14.2 Å². The van der Waals surface area contributed by atoms with Crippen LogP contribution in [0.15, 0.2) is 35.4 Å². The Bertz CT molecular complexity index is 624. The molecular weight excluding hydrogens is 338 g/mol. The summed E-state index contributed by atoms with van der Waals surface area (Å²) in [6.45, 7) is 3.88. The molecule has 0 N–H and O–H groups in total. The van der Waals surface area contributed by atoms with Gasteiger partial charge in [-0.3, -0.25) is 9.69 Å². The molecule has 116 valence electrons. The number of hydrogen-bond acceptors (Lipinski definition) is 5. The minimum atomic E-state index is -0.0590. The minimum absolute atomic E-state index is 0.0590. The Labute approximate surface area is 144 Å². The summed E-state index contributed by atoms with van der Waals surface area (Å²) in [6, 6.07) is 7.15. The van der Waals surface area contributed by atoms with Gasteiger partial charge in [0.2, 0.25) is 0 Å². The van der Waals surface area contributed by atoms with Gasteiger partial charge < -0.3 is 9.80 Å². The minimum Gasteiger partial charge on any atom is -0.374 e. The van der Waals surface area contributed by atoms with Crippen LogP contribution < -0.4 is 4.90 Å². The first kappa shape index (κ1) is 15.8. The molecule has 0 spiro atoms. The highest BCUT2D eigenvalue weighted by atomic mass is 35.5. The summed E-state index contributed by atoms with van der Waals surface area (Å²) in [5.41, 5.74) is 0.758. The predicted octanol–water partition coefficient (Wildman–Crippen LogP) is 2.79. The van der Waals surface area contributed by atoms with Crippen LogP contribution in [0.5, 0.6) is 0 Å². The van der Waals surface area contributed by atoms with Crippen molar-refractivity contribution in [3.05, 3.63) is 40.4 Å². The van der Waals surface area contributed by atoms with Crippen LogP contribution in [0, 0.1) is 0 Å². The lowest BCUT2D eigenvalue weighted by atomic mass is 10.3. The molecule has 1 aromatic carbocycles. The van der Waals surface area contributed by atoms with Crippen molar-refractivity contribution >= 4 is 51.5 Å². The zero-order valence-corrected chi connectivity index (χ0v) is 14.5. The number of piperazine rings is 1. The Balaban J connectivity index is 1.78. The zero-order valence-electron chi connectivity index (χ0n) is 12.2. The molecule has 0 unspecified atom stereocenters. The molecule has 0 aromatic heterocycles. The SMILES string of the molecule is CN1CCN(C=C2SC(=S)N(c3ccc(Cl)cc3)C2=O)CC1. The summed E-state index contributed by atoms with van der Waals surface area (Å²) in [5, 5.41) is 0.641. The van der Waals surface area contributed by atoms with Crippen molar-refractivity contribution in [3.8, 4) is 0 Å². The van der Waals surface area contributed by atoms with E-state index < -0.39 is 0 Å². The van der Waals surface area contributed by atoms with Crippen molar-refractivity contribution in [1.29, 1.82) is 0 Å². The monoisotopic (exact) mass is 353 g/mol. The molecule has 2 heterocycles. The van der Waals surface area contributed by atoms with Gasteiger partial charge in [0, 0.05) is 37.4 Å². The lowest BCUT2D eigenvalue weighted by molar-refractivity contribution is -0.113. The Kier molecular flexibility index (Phi) is 4.73. The van der Waals surface area contributed by atoms with Crippen molar-refractivity contribution in [2.24, 2.45) is 0 Å². The second-order valence-electron chi connectivity index (χ2n) is 5.32. The quantitative estimate of drug-likeness (QED) is 0.602. The van der Waals surface area contributed by atoms with Gasteiger partial charge in [0.1, 0.15) is 0 Å². The van der Waals surface area contributed by atoms with Gasteiger partial charge in [-0.1, -0.05) is 35.6 Å². The molecule has 7 heteroatoms. The molecule has 3 rings (SSSR count). The Morgan fingerprint density at radius 2 is 1.82 bits per heavy atom. The molecule has 2 saturated heterocycles. The standard InChI is InChI=1S/C15H16ClN3OS2/c1-17-6-8-18(9-7-17)10-13-14(20)19(15(21)22-13)12-4-2-11(16)3-5-12/h2-5,10H,6-9H2,1H3. The third-order valence-corrected chi connectivity index (χ3v) is 5.26. The van der Waals surface area contributed by atoms with Crippen molar-refractivity contribution in [2.45, 2.75) is 0 Å². The first-order chi connectivity index (χ1) is 10.5. The summed E-state index contributed by atoms with van der Waals surface area (Å²) < 4.78 is 0.563. The highest BCUT2D eigenvalue weighted by molar-refractivity contribution is 8.27. The van der Waals surface area contributed by atoms with Crippen LogP contribution in [0.1, 0.15) is 0 Å². The summed E-state index contributed by atoms with van der Waals surface area (Å²) in [6.07, 6.45) is 1.95. The van der Waals surface area contributed by atoms with E-state index in [1.54, 1.807) is 17.0 Å². The van der Waals surface area contributed by atoms with Crippen molar-refractivity contribution < 1.29 is 4.79 Å². The van der Waals surface area contributed by atoms with Crippen LogP contribution in [0.25, 0.3) is 0 Å². The van der Waals surface area contributed by atoms with Crippen LogP contribution >= 0.6 is 35.6 Å². The van der Waals surface area contributed by atoms with Crippen LogP contribution in [-0.4, -0.2) is 53.3 Å². The number of benzene rings is 1. The number of carbonyl (C=O) groups is 1. The maximum absolute atomic E-state index is 12.6. The highest BCUT2D eigenvalue weighted by Gasteiger charge is 2.34. The summed E-state index contributed by atoms with van der Waals surface area (Å²) in [5.74, 6) is -0.0590. The molecule has 2 aliphatic heterocycles. The van der Waals surface area contributed by atoms with Gasteiger partial charge in [-0.25, -0.2) is 0 Å². The van der Waals surface area contributed by atoms with Crippen molar-refractivity contribution in [2.75, 3.05) is 38.1 Å². The lowest BCUT2D eigenvalue weighted by Crippen LogP contribution is -2.42. The van der Waals surface area contributed by atoms with Gasteiger partial charge in [-0.05, 0) is 31.3 Å². The van der Waals surface area contributed by atoms with Crippen LogP contribution in [0.4, 0.5) is 5.69 Å². The maximum atomic E-state index is 12.6. The topological polar surface area (TPSA) is 26.8 Å². The number of thioether (sulfide) groups is 1. The van der Waals surface area contributed by atoms with Crippen LogP contribution in [0.3, 0.4) is 0 Å². The normalized spacial score (nSPS) is 22.0. The number of thiocarbonyl (C=S) groups is 1. The highest BCUT2D eigenvalue weighted by Crippen LogP contribution is 2.35. The van der Waals surface area contributed by atoms with E-state index in [-0.39, 0.29) is 5.91 Å². The molecule has 0 atom stereocenters. The van der Waals surface area contributed by atoms with Gasteiger partial charge in [0.05, 0.1) is 10.6 Å². The molecular formula is C15H16ClN3OS2. The van der Waals surface area contributed by atoms with Gasteiger partial charge in [-0.15, -0.1) is 0 Å². The van der Waals surface area contributed by atoms with Gasteiger partial charge in [0.15, 0.2) is 4.32 Å². The number of likely N-dealkylation sites (N-methyl/N-ethyl adjacent to an activating group) is 1. The molecule has 1 amide bonds. The fourth-order valence-electron chi connectivity index (χ4n) is 2.39. The van der Waals surface area contributed by atoms with Crippen molar-refractivity contribution in [3.63, 3.8) is 0 Å². The lowest BCUT2D eigenvalue weighted by Gasteiger charge is -2.31. The fourth-order valence-corrected chi connectivity index (χ4v) is 3.82. The van der Waals surface area contributed by atoms with E-state index in [4.69, 9.17) is 23.8 Å².